The number of amides is 1. The lowest BCUT2D eigenvalue weighted by molar-refractivity contribution is 0.102. The minimum atomic E-state index is -0.447. The summed E-state index contributed by atoms with van der Waals surface area (Å²) in [6.45, 7) is 4.63. The van der Waals surface area contributed by atoms with Crippen LogP contribution in [0, 0.1) is 12.7 Å². The number of nitrogens with zero attached hydrogens (tertiary/aromatic N) is 1. The lowest BCUT2D eigenvalue weighted by Crippen LogP contribution is -2.14. The van der Waals surface area contributed by atoms with E-state index in [0.717, 1.165) is 18.8 Å². The van der Waals surface area contributed by atoms with Crippen LogP contribution < -0.4 is 10.6 Å². The van der Waals surface area contributed by atoms with E-state index in [-0.39, 0.29) is 11.6 Å². The smallest absolute Gasteiger partial charge is 0.257 e. The van der Waals surface area contributed by atoms with Gasteiger partial charge in [0.15, 0.2) is 0 Å². The van der Waals surface area contributed by atoms with Crippen LogP contribution in [0.15, 0.2) is 36.5 Å². The predicted molar refractivity (Wildman–Crippen MR) is 82.1 cm³/mol. The zero-order valence-corrected chi connectivity index (χ0v) is 12.1. The first-order valence-corrected chi connectivity index (χ1v) is 6.88. The van der Waals surface area contributed by atoms with Gasteiger partial charge in [0.2, 0.25) is 0 Å². The summed E-state index contributed by atoms with van der Waals surface area (Å²) in [6, 6.07) is 8.07. The normalized spacial score (nSPS) is 10.2. The summed E-state index contributed by atoms with van der Waals surface area (Å²) in [4.78, 5) is 16.3. The van der Waals surface area contributed by atoms with Gasteiger partial charge in [0.1, 0.15) is 11.6 Å². The molecule has 1 aromatic heterocycles. The number of anilines is 2. The van der Waals surface area contributed by atoms with Crippen LogP contribution in [0.2, 0.25) is 0 Å². The van der Waals surface area contributed by atoms with Gasteiger partial charge in [-0.15, -0.1) is 0 Å². The van der Waals surface area contributed by atoms with Crippen LogP contribution in [0.3, 0.4) is 0 Å². The van der Waals surface area contributed by atoms with Gasteiger partial charge in [0.25, 0.3) is 5.91 Å². The van der Waals surface area contributed by atoms with E-state index >= 15 is 0 Å². The molecule has 2 N–H and O–H groups in total. The van der Waals surface area contributed by atoms with Gasteiger partial charge in [0.05, 0.1) is 11.3 Å². The van der Waals surface area contributed by atoms with Gasteiger partial charge in [-0.05, 0) is 37.1 Å². The highest BCUT2D eigenvalue weighted by Gasteiger charge is 2.11. The molecule has 0 fully saturated rings. The van der Waals surface area contributed by atoms with Crippen molar-refractivity contribution in [2.24, 2.45) is 0 Å². The fourth-order valence-corrected chi connectivity index (χ4v) is 1.86. The fraction of sp³-hybridized carbons (Fsp3) is 0.250. The Morgan fingerprint density at radius 1 is 1.29 bits per heavy atom. The van der Waals surface area contributed by atoms with E-state index in [1.807, 2.05) is 0 Å². The molecule has 110 valence electrons. The summed E-state index contributed by atoms with van der Waals surface area (Å²) >= 11 is 0. The van der Waals surface area contributed by atoms with Crippen molar-refractivity contribution in [3.05, 3.63) is 53.5 Å². The van der Waals surface area contributed by atoms with Crippen LogP contribution in [0.1, 0.15) is 29.3 Å². The molecular formula is C16H18FN3O. The molecule has 0 bridgehead atoms. The van der Waals surface area contributed by atoms with Gasteiger partial charge in [0, 0.05) is 12.7 Å². The predicted octanol–water partition coefficient (Wildman–Crippen LogP) is 3.60. The molecule has 0 aliphatic rings. The van der Waals surface area contributed by atoms with Crippen molar-refractivity contribution < 1.29 is 9.18 Å². The minimum Gasteiger partial charge on any atom is -0.370 e. The van der Waals surface area contributed by atoms with E-state index in [9.17, 15) is 9.18 Å². The Balaban J connectivity index is 2.10. The molecule has 0 saturated heterocycles. The highest BCUT2D eigenvalue weighted by molar-refractivity contribution is 6.04. The molecule has 0 unspecified atom stereocenters. The molecule has 0 aliphatic heterocycles. The monoisotopic (exact) mass is 287 g/mol. The first-order chi connectivity index (χ1) is 10.1. The number of pyridine rings is 1. The van der Waals surface area contributed by atoms with Crippen LogP contribution >= 0.6 is 0 Å². The van der Waals surface area contributed by atoms with Crippen molar-refractivity contribution in [3.8, 4) is 0 Å². The first-order valence-electron chi connectivity index (χ1n) is 6.88. The van der Waals surface area contributed by atoms with Crippen LogP contribution in [0.25, 0.3) is 0 Å². The second-order valence-electron chi connectivity index (χ2n) is 4.74. The minimum absolute atomic E-state index is 0.204. The maximum absolute atomic E-state index is 13.7. The molecule has 0 spiro atoms. The zero-order chi connectivity index (χ0) is 15.2. The summed E-state index contributed by atoms with van der Waals surface area (Å²) in [5.41, 5.74) is 1.27. The summed E-state index contributed by atoms with van der Waals surface area (Å²) in [7, 11) is 0. The number of hydrogen-bond donors (Lipinski definition) is 2. The van der Waals surface area contributed by atoms with E-state index in [4.69, 9.17) is 0 Å². The molecule has 4 nitrogen and oxygen atoms in total. The highest BCUT2D eigenvalue weighted by atomic mass is 19.1. The second-order valence-corrected chi connectivity index (χ2v) is 4.74. The molecule has 0 atom stereocenters. The SMILES string of the molecule is CCCNc1ccc(C(=O)Nc2c(C)cccc2F)cn1. The Morgan fingerprint density at radius 2 is 2.10 bits per heavy atom. The molecule has 1 amide bonds. The van der Waals surface area contributed by atoms with Crippen LogP contribution in [0.4, 0.5) is 15.9 Å². The molecule has 2 rings (SSSR count). The van der Waals surface area contributed by atoms with E-state index < -0.39 is 5.82 Å². The van der Waals surface area contributed by atoms with E-state index in [2.05, 4.69) is 22.5 Å². The van der Waals surface area contributed by atoms with Gasteiger partial charge in [-0.2, -0.15) is 0 Å². The number of aromatic nitrogens is 1. The third-order valence-corrected chi connectivity index (χ3v) is 3.04. The lowest BCUT2D eigenvalue weighted by Gasteiger charge is -2.10. The Morgan fingerprint density at radius 3 is 2.71 bits per heavy atom. The maximum Gasteiger partial charge on any atom is 0.257 e. The third kappa shape index (κ3) is 3.78. The summed E-state index contributed by atoms with van der Waals surface area (Å²) < 4.78 is 13.7. The van der Waals surface area contributed by atoms with Crippen molar-refractivity contribution >= 4 is 17.4 Å². The molecule has 5 heteroatoms. The first kappa shape index (κ1) is 15.0. The standard InChI is InChI=1S/C16H18FN3O/c1-3-9-18-14-8-7-12(10-19-14)16(21)20-15-11(2)5-4-6-13(15)17/h4-8,10H,3,9H2,1-2H3,(H,18,19)(H,20,21). The molecular weight excluding hydrogens is 269 g/mol. The third-order valence-electron chi connectivity index (χ3n) is 3.04. The number of nitrogens with one attached hydrogen (secondary N) is 2. The van der Waals surface area contributed by atoms with Crippen LogP contribution in [-0.4, -0.2) is 17.4 Å². The number of halogens is 1. The molecule has 0 radical (unpaired) electrons. The van der Waals surface area contributed by atoms with Crippen molar-refractivity contribution in [2.75, 3.05) is 17.2 Å². The van der Waals surface area contributed by atoms with Crippen molar-refractivity contribution in [1.82, 2.24) is 4.98 Å². The van der Waals surface area contributed by atoms with E-state index in [1.165, 1.54) is 12.3 Å². The molecule has 2 aromatic rings. The lowest BCUT2D eigenvalue weighted by atomic mass is 10.2. The van der Waals surface area contributed by atoms with Crippen molar-refractivity contribution in [1.29, 1.82) is 0 Å². The topological polar surface area (TPSA) is 54.0 Å². The van der Waals surface area contributed by atoms with E-state index in [0.29, 0.717) is 11.1 Å². The number of rotatable bonds is 5. The number of benzene rings is 1. The van der Waals surface area contributed by atoms with Crippen molar-refractivity contribution in [3.63, 3.8) is 0 Å². The quantitative estimate of drug-likeness (QED) is 0.883. The molecule has 0 saturated carbocycles. The fourth-order valence-electron chi connectivity index (χ4n) is 1.86. The van der Waals surface area contributed by atoms with Gasteiger partial charge >= 0.3 is 0 Å². The molecule has 21 heavy (non-hydrogen) atoms. The Kier molecular flexibility index (Phi) is 4.87. The molecule has 1 heterocycles. The number of aryl methyl sites for hydroxylation is 1. The second kappa shape index (κ2) is 6.83. The summed E-state index contributed by atoms with van der Waals surface area (Å²) in [5, 5.41) is 5.71. The molecule has 1 aromatic carbocycles. The number of hydrogen-bond acceptors (Lipinski definition) is 3. The summed E-state index contributed by atoms with van der Waals surface area (Å²) in [6.07, 6.45) is 2.47. The average Bonchev–Trinajstić information content (AvgIpc) is 2.49. The number of para-hydroxylation sites is 1. The van der Waals surface area contributed by atoms with Gasteiger partial charge in [-0.25, -0.2) is 9.37 Å². The molecule has 0 aliphatic carbocycles. The summed E-state index contributed by atoms with van der Waals surface area (Å²) in [5.74, 6) is -0.106. The van der Waals surface area contributed by atoms with Crippen LogP contribution in [-0.2, 0) is 0 Å². The van der Waals surface area contributed by atoms with Crippen molar-refractivity contribution in [2.45, 2.75) is 20.3 Å². The number of carbonyl (C=O) groups is 1. The van der Waals surface area contributed by atoms with E-state index in [1.54, 1.807) is 31.2 Å². The van der Waals surface area contributed by atoms with Crippen LogP contribution in [0.5, 0.6) is 0 Å². The Labute approximate surface area is 123 Å². The van der Waals surface area contributed by atoms with Gasteiger partial charge in [-0.3, -0.25) is 4.79 Å². The average molecular weight is 287 g/mol. The maximum atomic E-state index is 13.7. The largest absolute Gasteiger partial charge is 0.370 e. The number of carbonyl (C=O) groups excluding carboxylic acids is 1. The Bertz CT molecular complexity index is 606. The van der Waals surface area contributed by atoms with Gasteiger partial charge in [-0.1, -0.05) is 19.1 Å². The zero-order valence-electron chi connectivity index (χ0n) is 12.1. The Hall–Kier alpha value is -2.43. The van der Waals surface area contributed by atoms with Gasteiger partial charge < -0.3 is 10.6 Å². The highest BCUT2D eigenvalue weighted by Crippen LogP contribution is 2.19.